The first-order valence-corrected chi connectivity index (χ1v) is 8.74. The van der Waals surface area contributed by atoms with Crippen molar-refractivity contribution >= 4 is 21.6 Å². The van der Waals surface area contributed by atoms with Gasteiger partial charge in [0.05, 0.1) is 11.4 Å². The molecule has 2 unspecified atom stereocenters. The molecule has 5 heteroatoms. The molecular weight excluding hydrogens is 256 g/mol. The van der Waals surface area contributed by atoms with E-state index in [1.807, 2.05) is 0 Å². The Morgan fingerprint density at radius 2 is 2.12 bits per heavy atom. The van der Waals surface area contributed by atoms with Crippen molar-refractivity contribution < 1.29 is 13.2 Å². The third-order valence-corrected chi connectivity index (χ3v) is 9.04. The molecule has 2 atom stereocenters. The van der Waals surface area contributed by atoms with Gasteiger partial charge in [-0.05, 0) is 36.5 Å². The van der Waals surface area contributed by atoms with Crippen LogP contribution in [0.5, 0.6) is 0 Å². The van der Waals surface area contributed by atoms with E-state index in [1.165, 1.54) is 0 Å². The molecule has 0 bridgehead atoms. The highest BCUT2D eigenvalue weighted by atomic mass is 32.3. The molecule has 0 aromatic carbocycles. The van der Waals surface area contributed by atoms with Crippen molar-refractivity contribution in [2.45, 2.75) is 43.0 Å². The monoisotopic (exact) mass is 272 g/mol. The summed E-state index contributed by atoms with van der Waals surface area (Å²) in [4.78, 5) is 0. The fourth-order valence-corrected chi connectivity index (χ4v) is 8.18. The number of hydrogen-bond acceptors (Lipinski definition) is 4. The predicted molar refractivity (Wildman–Crippen MR) is 67.4 cm³/mol. The van der Waals surface area contributed by atoms with Crippen LogP contribution in [0.4, 0.5) is 0 Å². The number of thioether (sulfide) groups is 1. The molecule has 1 saturated carbocycles. The Labute approximate surface area is 106 Å². The molecule has 0 radical (unpaired) electrons. The second-order valence-corrected chi connectivity index (χ2v) is 9.53. The second-order valence-electron chi connectivity index (χ2n) is 5.89. The SMILES string of the molecule is CC1CCSC2=C1C1(CO1)CC1(CC1)S2(=O)=O. The summed E-state index contributed by atoms with van der Waals surface area (Å²) in [7, 11) is -3.05. The lowest BCUT2D eigenvalue weighted by atomic mass is 9.84. The third-order valence-electron chi connectivity index (χ3n) is 4.71. The van der Waals surface area contributed by atoms with E-state index in [-0.39, 0.29) is 5.60 Å². The topological polar surface area (TPSA) is 46.7 Å². The van der Waals surface area contributed by atoms with E-state index in [9.17, 15) is 8.42 Å². The van der Waals surface area contributed by atoms with Crippen LogP contribution in [0.15, 0.2) is 9.81 Å². The van der Waals surface area contributed by atoms with Gasteiger partial charge < -0.3 is 4.74 Å². The quantitative estimate of drug-likeness (QED) is 0.634. The molecule has 3 nitrogen and oxygen atoms in total. The van der Waals surface area contributed by atoms with Crippen LogP contribution in [0.25, 0.3) is 0 Å². The summed E-state index contributed by atoms with van der Waals surface area (Å²) < 4.78 is 31.3. The van der Waals surface area contributed by atoms with E-state index in [1.54, 1.807) is 11.8 Å². The van der Waals surface area contributed by atoms with Gasteiger partial charge in [0.15, 0.2) is 9.84 Å². The van der Waals surface area contributed by atoms with E-state index in [0.717, 1.165) is 43.6 Å². The lowest BCUT2D eigenvalue weighted by molar-refractivity contribution is 0.294. The number of fused-ring (bicyclic) bond motifs is 1. The number of sulfone groups is 1. The Morgan fingerprint density at radius 3 is 2.71 bits per heavy atom. The molecule has 1 saturated heterocycles. The van der Waals surface area contributed by atoms with Crippen molar-refractivity contribution in [2.24, 2.45) is 5.92 Å². The molecule has 0 aromatic rings. The summed E-state index contributed by atoms with van der Waals surface area (Å²) in [6.07, 6.45) is 3.49. The number of hydrogen-bond donors (Lipinski definition) is 0. The Bertz CT molecular complexity index is 524. The van der Waals surface area contributed by atoms with Crippen LogP contribution in [0, 0.1) is 5.92 Å². The Morgan fingerprint density at radius 1 is 1.41 bits per heavy atom. The minimum Gasteiger partial charge on any atom is -0.365 e. The zero-order valence-corrected chi connectivity index (χ0v) is 11.5. The molecule has 94 valence electrons. The van der Waals surface area contributed by atoms with Crippen LogP contribution >= 0.6 is 11.8 Å². The van der Waals surface area contributed by atoms with E-state index >= 15 is 0 Å². The summed E-state index contributed by atoms with van der Waals surface area (Å²) in [5.74, 6) is 1.31. The first-order chi connectivity index (χ1) is 8.01. The highest BCUT2D eigenvalue weighted by molar-refractivity contribution is 8.19. The Hall–Kier alpha value is -0.0000000000000000555. The fourth-order valence-electron chi connectivity index (χ4n) is 3.45. The summed E-state index contributed by atoms with van der Waals surface area (Å²) in [5, 5.41) is 0. The van der Waals surface area contributed by atoms with Crippen molar-refractivity contribution in [3.63, 3.8) is 0 Å². The molecule has 3 aliphatic heterocycles. The summed E-state index contributed by atoms with van der Waals surface area (Å²) >= 11 is 1.55. The summed E-state index contributed by atoms with van der Waals surface area (Å²) in [6.45, 7) is 2.90. The molecule has 4 aliphatic rings. The summed E-state index contributed by atoms with van der Waals surface area (Å²) in [6, 6.07) is 0. The maximum absolute atomic E-state index is 12.7. The number of epoxide rings is 1. The predicted octanol–water partition coefficient (Wildman–Crippen LogP) is 2.09. The maximum Gasteiger partial charge on any atom is 0.190 e. The van der Waals surface area contributed by atoms with Crippen molar-refractivity contribution in [3.05, 3.63) is 9.81 Å². The number of ether oxygens (including phenoxy) is 1. The van der Waals surface area contributed by atoms with E-state index in [4.69, 9.17) is 4.74 Å². The van der Waals surface area contributed by atoms with Crippen LogP contribution in [0.2, 0.25) is 0 Å². The third kappa shape index (κ3) is 1.21. The standard InChI is InChI=1S/C12H16O3S2/c1-8-2-5-16-10-9(8)12(7-15-12)6-11(3-4-11)17(10,13)14/h8H,2-7H2,1H3. The van der Waals surface area contributed by atoms with Gasteiger partial charge in [0.2, 0.25) is 0 Å². The molecule has 2 fully saturated rings. The van der Waals surface area contributed by atoms with Crippen LogP contribution < -0.4 is 0 Å². The van der Waals surface area contributed by atoms with Crippen LogP contribution in [0.1, 0.15) is 32.6 Å². The van der Waals surface area contributed by atoms with E-state index in [2.05, 4.69) is 6.92 Å². The fraction of sp³-hybridized carbons (Fsp3) is 0.833. The van der Waals surface area contributed by atoms with E-state index in [0.29, 0.717) is 10.2 Å². The first-order valence-electron chi connectivity index (χ1n) is 6.27. The smallest absolute Gasteiger partial charge is 0.190 e. The highest BCUT2D eigenvalue weighted by Gasteiger charge is 2.69. The molecular formula is C12H16O3S2. The molecule has 2 spiro atoms. The lowest BCUT2D eigenvalue weighted by Gasteiger charge is -2.37. The molecule has 4 rings (SSSR count). The van der Waals surface area contributed by atoms with Crippen LogP contribution in [-0.2, 0) is 14.6 Å². The van der Waals surface area contributed by atoms with Gasteiger partial charge >= 0.3 is 0 Å². The lowest BCUT2D eigenvalue weighted by Crippen LogP contribution is -2.41. The van der Waals surface area contributed by atoms with Crippen LogP contribution in [-0.4, -0.2) is 31.1 Å². The van der Waals surface area contributed by atoms with Gasteiger partial charge in [0.25, 0.3) is 0 Å². The maximum atomic E-state index is 12.7. The molecule has 1 aliphatic carbocycles. The van der Waals surface area contributed by atoms with Gasteiger partial charge in [-0.1, -0.05) is 6.92 Å². The van der Waals surface area contributed by atoms with Crippen molar-refractivity contribution in [3.8, 4) is 0 Å². The zero-order chi connectivity index (χ0) is 11.9. The molecule has 17 heavy (non-hydrogen) atoms. The van der Waals surface area contributed by atoms with Gasteiger partial charge in [-0.25, -0.2) is 8.42 Å². The summed E-state index contributed by atoms with van der Waals surface area (Å²) in [5.41, 5.74) is 0.940. The molecule has 0 N–H and O–H groups in total. The molecule has 3 heterocycles. The van der Waals surface area contributed by atoms with Crippen molar-refractivity contribution in [1.82, 2.24) is 0 Å². The normalized spacial score (nSPS) is 44.9. The van der Waals surface area contributed by atoms with Gasteiger partial charge in [-0.2, -0.15) is 0 Å². The highest BCUT2D eigenvalue weighted by Crippen LogP contribution is 2.65. The van der Waals surface area contributed by atoms with Crippen molar-refractivity contribution in [1.29, 1.82) is 0 Å². The average Bonchev–Trinajstić information content (AvgIpc) is 3.16. The van der Waals surface area contributed by atoms with Crippen LogP contribution in [0.3, 0.4) is 0 Å². The van der Waals surface area contributed by atoms with Gasteiger partial charge in [0, 0.05) is 6.42 Å². The van der Waals surface area contributed by atoms with E-state index < -0.39 is 14.6 Å². The van der Waals surface area contributed by atoms with Crippen molar-refractivity contribution in [2.75, 3.05) is 12.4 Å². The van der Waals surface area contributed by atoms with Gasteiger partial charge in [0.1, 0.15) is 9.84 Å². The largest absolute Gasteiger partial charge is 0.365 e. The van der Waals surface area contributed by atoms with Gasteiger partial charge in [-0.3, -0.25) is 0 Å². The Balaban J connectivity index is 1.97. The Kier molecular flexibility index (Phi) is 1.88. The number of rotatable bonds is 0. The minimum absolute atomic E-state index is 0.177. The van der Waals surface area contributed by atoms with Gasteiger partial charge in [-0.15, -0.1) is 11.8 Å². The first kappa shape index (κ1) is 10.9. The molecule has 0 aromatic heterocycles. The minimum atomic E-state index is -3.05. The molecule has 0 amide bonds. The zero-order valence-electron chi connectivity index (χ0n) is 9.86. The second kappa shape index (κ2) is 2.94. The average molecular weight is 272 g/mol.